The van der Waals surface area contributed by atoms with Gasteiger partial charge in [-0.25, -0.2) is 9.97 Å². The molecule has 0 spiro atoms. The molecule has 0 fully saturated rings. The third-order valence-corrected chi connectivity index (χ3v) is 2.35. The molecule has 0 amide bonds. The number of nitrogens with two attached hydrogens (primary N) is 1. The summed E-state index contributed by atoms with van der Waals surface area (Å²) < 4.78 is 0. The van der Waals surface area contributed by atoms with Crippen LogP contribution < -0.4 is 11.1 Å². The monoisotopic (exact) mass is 228 g/mol. The van der Waals surface area contributed by atoms with Gasteiger partial charge >= 0.3 is 0 Å². The van der Waals surface area contributed by atoms with E-state index in [1.54, 1.807) is 0 Å². The zero-order valence-corrected chi connectivity index (χ0v) is 9.85. The molecule has 0 aliphatic rings. The summed E-state index contributed by atoms with van der Waals surface area (Å²) >= 11 is 0. The van der Waals surface area contributed by atoms with Crippen LogP contribution in [0.25, 0.3) is 11.3 Å². The lowest BCUT2D eigenvalue weighted by atomic mass is 10.1. The van der Waals surface area contributed by atoms with Crippen LogP contribution in [0.5, 0.6) is 0 Å². The van der Waals surface area contributed by atoms with Crippen LogP contribution in [-0.2, 0) is 0 Å². The fraction of sp³-hybridized carbons (Fsp3) is 0.231. The van der Waals surface area contributed by atoms with E-state index >= 15 is 0 Å². The van der Waals surface area contributed by atoms with Crippen LogP contribution in [0.15, 0.2) is 36.4 Å². The zero-order valence-electron chi connectivity index (χ0n) is 9.85. The molecule has 0 saturated carbocycles. The van der Waals surface area contributed by atoms with Gasteiger partial charge in [-0.2, -0.15) is 0 Å². The molecule has 2 rings (SSSR count). The first-order valence-corrected chi connectivity index (χ1v) is 5.64. The van der Waals surface area contributed by atoms with Crippen molar-refractivity contribution in [3.8, 4) is 11.3 Å². The van der Waals surface area contributed by atoms with Crippen molar-refractivity contribution in [2.75, 3.05) is 18.4 Å². The normalized spacial score (nSPS) is 10.2. The van der Waals surface area contributed by atoms with Crippen LogP contribution in [-0.4, -0.2) is 23.1 Å². The SMILES string of the molecule is Cc1cc(-c2ccccc2)nc(NCCN)n1. The van der Waals surface area contributed by atoms with Crippen molar-refractivity contribution in [2.24, 2.45) is 5.73 Å². The van der Waals surface area contributed by atoms with Gasteiger partial charge in [0.2, 0.25) is 5.95 Å². The number of hydrogen-bond donors (Lipinski definition) is 2. The highest BCUT2D eigenvalue weighted by Gasteiger charge is 2.03. The average Bonchev–Trinajstić information content (AvgIpc) is 2.37. The third kappa shape index (κ3) is 3.01. The molecule has 0 bridgehead atoms. The van der Waals surface area contributed by atoms with Crippen molar-refractivity contribution in [2.45, 2.75) is 6.92 Å². The molecule has 0 aliphatic carbocycles. The lowest BCUT2D eigenvalue weighted by Gasteiger charge is -2.07. The Hall–Kier alpha value is -1.94. The van der Waals surface area contributed by atoms with E-state index in [0.717, 1.165) is 17.0 Å². The van der Waals surface area contributed by atoms with Gasteiger partial charge in [-0.05, 0) is 13.0 Å². The highest BCUT2D eigenvalue weighted by Crippen LogP contribution is 2.18. The standard InChI is InChI=1S/C13H16N4/c1-10-9-12(11-5-3-2-4-6-11)17-13(16-10)15-8-7-14/h2-6,9H,7-8,14H2,1H3,(H,15,16,17). The summed E-state index contributed by atoms with van der Waals surface area (Å²) in [6.45, 7) is 3.21. The first-order chi connectivity index (χ1) is 8.29. The summed E-state index contributed by atoms with van der Waals surface area (Å²) in [5.41, 5.74) is 8.41. The van der Waals surface area contributed by atoms with Crippen LogP contribution in [0, 0.1) is 6.92 Å². The Morgan fingerprint density at radius 2 is 1.94 bits per heavy atom. The van der Waals surface area contributed by atoms with E-state index < -0.39 is 0 Å². The number of nitrogens with zero attached hydrogens (tertiary/aromatic N) is 2. The van der Waals surface area contributed by atoms with Crippen molar-refractivity contribution >= 4 is 5.95 Å². The molecule has 4 heteroatoms. The van der Waals surface area contributed by atoms with Crippen LogP contribution in [0.2, 0.25) is 0 Å². The van der Waals surface area contributed by atoms with Crippen molar-refractivity contribution in [1.29, 1.82) is 0 Å². The lowest BCUT2D eigenvalue weighted by Crippen LogP contribution is -2.15. The van der Waals surface area contributed by atoms with Crippen molar-refractivity contribution in [3.63, 3.8) is 0 Å². The summed E-state index contributed by atoms with van der Waals surface area (Å²) in [6, 6.07) is 12.0. The minimum Gasteiger partial charge on any atom is -0.353 e. The van der Waals surface area contributed by atoms with Gasteiger partial charge < -0.3 is 11.1 Å². The molecule has 2 aromatic rings. The predicted octanol–water partition coefficient (Wildman–Crippen LogP) is 1.82. The molecule has 1 aromatic heterocycles. The number of benzene rings is 1. The Labute approximate surface area is 101 Å². The minimum atomic E-state index is 0.567. The van der Waals surface area contributed by atoms with Gasteiger partial charge in [-0.15, -0.1) is 0 Å². The van der Waals surface area contributed by atoms with Gasteiger partial charge in [-0.1, -0.05) is 30.3 Å². The number of hydrogen-bond acceptors (Lipinski definition) is 4. The topological polar surface area (TPSA) is 63.8 Å². The van der Waals surface area contributed by atoms with Crippen LogP contribution in [0.4, 0.5) is 5.95 Å². The maximum absolute atomic E-state index is 5.45. The Kier molecular flexibility index (Phi) is 3.67. The fourth-order valence-electron chi connectivity index (χ4n) is 1.59. The Morgan fingerprint density at radius 3 is 2.65 bits per heavy atom. The van der Waals surface area contributed by atoms with Crippen molar-refractivity contribution in [1.82, 2.24) is 9.97 Å². The van der Waals surface area contributed by atoms with Crippen LogP contribution in [0.3, 0.4) is 0 Å². The smallest absolute Gasteiger partial charge is 0.223 e. The number of anilines is 1. The van der Waals surface area contributed by atoms with E-state index in [-0.39, 0.29) is 0 Å². The summed E-state index contributed by atoms with van der Waals surface area (Å²) in [5.74, 6) is 0.634. The maximum atomic E-state index is 5.45. The van der Waals surface area contributed by atoms with Gasteiger partial charge in [0.25, 0.3) is 0 Å². The number of nitrogens with one attached hydrogen (secondary N) is 1. The third-order valence-electron chi connectivity index (χ3n) is 2.35. The molecule has 0 radical (unpaired) electrons. The second kappa shape index (κ2) is 5.41. The van der Waals surface area contributed by atoms with Crippen LogP contribution in [0.1, 0.15) is 5.69 Å². The maximum Gasteiger partial charge on any atom is 0.223 e. The first-order valence-electron chi connectivity index (χ1n) is 5.64. The molecular formula is C13H16N4. The molecule has 1 heterocycles. The van der Waals surface area contributed by atoms with E-state index in [1.165, 1.54) is 0 Å². The minimum absolute atomic E-state index is 0.567. The van der Waals surface area contributed by atoms with Crippen LogP contribution >= 0.6 is 0 Å². The average molecular weight is 228 g/mol. The van der Waals surface area contributed by atoms with Gasteiger partial charge in [0.15, 0.2) is 0 Å². The zero-order chi connectivity index (χ0) is 12.1. The molecule has 17 heavy (non-hydrogen) atoms. The fourth-order valence-corrected chi connectivity index (χ4v) is 1.59. The summed E-state index contributed by atoms with van der Waals surface area (Å²) in [4.78, 5) is 8.78. The molecule has 0 unspecified atom stereocenters. The Bertz CT molecular complexity index is 482. The quantitative estimate of drug-likeness (QED) is 0.838. The van der Waals surface area contributed by atoms with Crippen molar-refractivity contribution in [3.05, 3.63) is 42.1 Å². The van der Waals surface area contributed by atoms with E-state index in [1.807, 2.05) is 43.3 Å². The molecule has 0 atom stereocenters. The molecular weight excluding hydrogens is 212 g/mol. The van der Waals surface area contributed by atoms with E-state index in [2.05, 4.69) is 15.3 Å². The molecule has 88 valence electrons. The highest BCUT2D eigenvalue weighted by molar-refractivity contribution is 5.60. The molecule has 3 N–H and O–H groups in total. The largest absolute Gasteiger partial charge is 0.353 e. The molecule has 0 aliphatic heterocycles. The molecule has 4 nitrogen and oxygen atoms in total. The molecule has 1 aromatic carbocycles. The highest BCUT2D eigenvalue weighted by atomic mass is 15.1. The Balaban J connectivity index is 2.32. The Morgan fingerprint density at radius 1 is 1.18 bits per heavy atom. The molecule has 0 saturated heterocycles. The number of rotatable bonds is 4. The second-order valence-corrected chi connectivity index (χ2v) is 3.80. The van der Waals surface area contributed by atoms with Gasteiger partial charge in [0, 0.05) is 24.3 Å². The predicted molar refractivity (Wildman–Crippen MR) is 69.7 cm³/mol. The summed E-state index contributed by atoms with van der Waals surface area (Å²) in [6.07, 6.45) is 0. The van der Waals surface area contributed by atoms with Gasteiger partial charge in [0.05, 0.1) is 5.69 Å². The first kappa shape index (κ1) is 11.5. The van der Waals surface area contributed by atoms with Gasteiger partial charge in [-0.3, -0.25) is 0 Å². The van der Waals surface area contributed by atoms with E-state index in [9.17, 15) is 0 Å². The summed E-state index contributed by atoms with van der Waals surface area (Å²) in [5, 5.41) is 3.10. The van der Waals surface area contributed by atoms with Gasteiger partial charge in [0.1, 0.15) is 0 Å². The second-order valence-electron chi connectivity index (χ2n) is 3.80. The summed E-state index contributed by atoms with van der Waals surface area (Å²) in [7, 11) is 0. The van der Waals surface area contributed by atoms with Crippen molar-refractivity contribution < 1.29 is 0 Å². The number of aryl methyl sites for hydroxylation is 1. The van der Waals surface area contributed by atoms with E-state index in [4.69, 9.17) is 5.73 Å². The van der Waals surface area contributed by atoms with E-state index in [0.29, 0.717) is 19.0 Å². The number of aromatic nitrogens is 2. The lowest BCUT2D eigenvalue weighted by molar-refractivity contribution is 0.981.